The van der Waals surface area contributed by atoms with Crippen LogP contribution in [-0.2, 0) is 11.2 Å². The molecule has 1 aliphatic carbocycles. The number of aromatic nitrogens is 2. The van der Waals surface area contributed by atoms with Gasteiger partial charge in [0.25, 0.3) is 0 Å². The first kappa shape index (κ1) is 23.3. The van der Waals surface area contributed by atoms with Gasteiger partial charge in [0.2, 0.25) is 5.91 Å². The molecule has 32 heavy (non-hydrogen) atoms. The molecule has 172 valence electrons. The lowest BCUT2D eigenvalue weighted by atomic mass is 9.96. The number of nitrogens with one attached hydrogen (secondary N) is 1. The van der Waals surface area contributed by atoms with Gasteiger partial charge >= 0.3 is 0 Å². The van der Waals surface area contributed by atoms with E-state index in [-0.39, 0.29) is 17.9 Å². The molecule has 1 saturated heterocycles. The molecule has 2 heterocycles. The summed E-state index contributed by atoms with van der Waals surface area (Å²) in [6.45, 7) is 9.79. The first-order valence-corrected chi connectivity index (χ1v) is 12.2. The second kappa shape index (κ2) is 9.94. The van der Waals surface area contributed by atoms with E-state index in [2.05, 4.69) is 41.0 Å². The van der Waals surface area contributed by atoms with Crippen LogP contribution in [0.1, 0.15) is 55.8 Å². The SMILES string of the molecule is CC(C)NCC(C(=O)N1CCN(c2ncnc3c2[C@H](C)CC3)CC1)c1ccc(Cl)cc1Cl. The van der Waals surface area contributed by atoms with E-state index in [0.717, 1.165) is 37.3 Å². The number of nitrogens with zero attached hydrogens (tertiary/aromatic N) is 4. The van der Waals surface area contributed by atoms with E-state index >= 15 is 0 Å². The third-order valence-electron chi connectivity index (χ3n) is 6.51. The van der Waals surface area contributed by atoms with Crippen molar-refractivity contribution in [1.82, 2.24) is 20.2 Å². The molecule has 2 aliphatic rings. The van der Waals surface area contributed by atoms with Crippen molar-refractivity contribution in [2.75, 3.05) is 37.6 Å². The second-order valence-corrected chi connectivity index (χ2v) is 9.93. The molecule has 2 aromatic rings. The Labute approximate surface area is 200 Å². The van der Waals surface area contributed by atoms with Crippen molar-refractivity contribution in [1.29, 1.82) is 0 Å². The molecule has 4 rings (SSSR count). The number of fused-ring (bicyclic) bond motifs is 1. The zero-order chi connectivity index (χ0) is 22.8. The Kier molecular flexibility index (Phi) is 7.23. The van der Waals surface area contributed by atoms with Crippen molar-refractivity contribution in [3.8, 4) is 0 Å². The van der Waals surface area contributed by atoms with Crippen molar-refractivity contribution in [3.05, 3.63) is 51.4 Å². The fourth-order valence-corrected chi connectivity index (χ4v) is 5.24. The number of halogens is 2. The summed E-state index contributed by atoms with van der Waals surface area (Å²) in [4.78, 5) is 26.9. The van der Waals surface area contributed by atoms with Crippen LogP contribution < -0.4 is 10.2 Å². The first-order chi connectivity index (χ1) is 15.3. The van der Waals surface area contributed by atoms with Gasteiger partial charge < -0.3 is 15.1 Å². The zero-order valence-electron chi connectivity index (χ0n) is 18.9. The predicted octanol–water partition coefficient (Wildman–Crippen LogP) is 4.26. The number of aryl methyl sites for hydroxylation is 1. The highest BCUT2D eigenvalue weighted by atomic mass is 35.5. The summed E-state index contributed by atoms with van der Waals surface area (Å²) in [5, 5.41) is 4.51. The van der Waals surface area contributed by atoms with Gasteiger partial charge in [-0.25, -0.2) is 9.97 Å². The average Bonchev–Trinajstić information content (AvgIpc) is 3.16. The molecule has 0 saturated carbocycles. The molecule has 1 fully saturated rings. The Bertz CT molecular complexity index is 975. The number of carbonyl (C=O) groups excluding carboxylic acids is 1. The van der Waals surface area contributed by atoms with E-state index in [4.69, 9.17) is 23.2 Å². The zero-order valence-corrected chi connectivity index (χ0v) is 20.5. The van der Waals surface area contributed by atoms with Gasteiger partial charge in [0.1, 0.15) is 12.1 Å². The summed E-state index contributed by atoms with van der Waals surface area (Å²) < 4.78 is 0. The van der Waals surface area contributed by atoms with E-state index < -0.39 is 0 Å². The van der Waals surface area contributed by atoms with E-state index in [1.807, 2.05) is 11.0 Å². The molecule has 2 atom stereocenters. The maximum absolute atomic E-state index is 13.6. The number of amides is 1. The molecule has 1 unspecified atom stereocenters. The first-order valence-electron chi connectivity index (χ1n) is 11.4. The monoisotopic (exact) mass is 475 g/mol. The van der Waals surface area contributed by atoms with Gasteiger partial charge in [0, 0.05) is 60.1 Å². The minimum atomic E-state index is -0.350. The molecule has 1 aromatic heterocycles. The normalized spacial score (nSPS) is 19.4. The fraction of sp³-hybridized carbons (Fsp3) is 0.542. The van der Waals surface area contributed by atoms with Crippen LogP contribution in [0.15, 0.2) is 24.5 Å². The van der Waals surface area contributed by atoms with Crippen molar-refractivity contribution in [2.45, 2.75) is 51.5 Å². The molecule has 6 nitrogen and oxygen atoms in total. The molecule has 1 aromatic carbocycles. The van der Waals surface area contributed by atoms with E-state index in [1.54, 1.807) is 18.5 Å². The molecule has 0 spiro atoms. The maximum atomic E-state index is 13.6. The van der Waals surface area contributed by atoms with Crippen molar-refractivity contribution in [3.63, 3.8) is 0 Å². The summed E-state index contributed by atoms with van der Waals surface area (Å²) in [7, 11) is 0. The molecule has 8 heteroatoms. The largest absolute Gasteiger partial charge is 0.353 e. The Balaban J connectivity index is 1.49. The Morgan fingerprint density at radius 2 is 1.94 bits per heavy atom. The fourth-order valence-electron chi connectivity index (χ4n) is 4.70. The van der Waals surface area contributed by atoms with Crippen LogP contribution in [-0.4, -0.2) is 59.5 Å². The highest BCUT2D eigenvalue weighted by molar-refractivity contribution is 6.35. The van der Waals surface area contributed by atoms with Crippen molar-refractivity contribution < 1.29 is 4.79 Å². The Morgan fingerprint density at radius 3 is 2.62 bits per heavy atom. The van der Waals surface area contributed by atoms with Crippen LogP contribution >= 0.6 is 23.2 Å². The Morgan fingerprint density at radius 1 is 1.19 bits per heavy atom. The lowest BCUT2D eigenvalue weighted by Gasteiger charge is -2.38. The summed E-state index contributed by atoms with van der Waals surface area (Å²) in [5.74, 6) is 1.28. The van der Waals surface area contributed by atoms with Gasteiger partial charge in [-0.2, -0.15) is 0 Å². The standard InChI is InChI=1S/C24H31Cl2N5O/c1-15(2)27-13-19(18-6-5-17(25)12-20(18)26)24(32)31-10-8-30(9-11-31)23-22-16(3)4-7-21(22)28-14-29-23/h5-6,12,14-16,19,27H,4,7-11,13H2,1-3H3/t16-,19?/m1/s1. The maximum Gasteiger partial charge on any atom is 0.231 e. The van der Waals surface area contributed by atoms with Crippen molar-refractivity contribution in [2.24, 2.45) is 0 Å². The van der Waals surface area contributed by atoms with Gasteiger partial charge in [-0.05, 0) is 36.5 Å². The molecule has 0 bridgehead atoms. The molecule has 1 aliphatic heterocycles. The van der Waals surface area contributed by atoms with Crippen LogP contribution in [0, 0.1) is 0 Å². The number of hydrogen-bond acceptors (Lipinski definition) is 5. The van der Waals surface area contributed by atoms with E-state index in [1.165, 1.54) is 11.3 Å². The number of benzene rings is 1. The van der Waals surface area contributed by atoms with E-state index in [0.29, 0.717) is 35.6 Å². The third kappa shape index (κ3) is 4.87. The molecular formula is C24H31Cl2N5O. The lowest BCUT2D eigenvalue weighted by Crippen LogP contribution is -2.51. The molecular weight excluding hydrogens is 445 g/mol. The van der Waals surface area contributed by atoms with Crippen molar-refractivity contribution >= 4 is 34.9 Å². The van der Waals surface area contributed by atoms with Gasteiger partial charge in [-0.3, -0.25) is 4.79 Å². The summed E-state index contributed by atoms with van der Waals surface area (Å²) in [6, 6.07) is 5.66. The van der Waals surface area contributed by atoms with Gasteiger partial charge in [0.15, 0.2) is 0 Å². The molecule has 1 N–H and O–H groups in total. The van der Waals surface area contributed by atoms with Gasteiger partial charge in [-0.1, -0.05) is 50.0 Å². The van der Waals surface area contributed by atoms with Crippen LogP contribution in [0.4, 0.5) is 5.82 Å². The predicted molar refractivity (Wildman–Crippen MR) is 130 cm³/mol. The minimum Gasteiger partial charge on any atom is -0.353 e. The third-order valence-corrected chi connectivity index (χ3v) is 7.07. The lowest BCUT2D eigenvalue weighted by molar-refractivity contribution is -0.133. The molecule has 1 amide bonds. The summed E-state index contributed by atoms with van der Waals surface area (Å²) in [5.41, 5.74) is 3.29. The summed E-state index contributed by atoms with van der Waals surface area (Å²) in [6.07, 6.45) is 3.84. The minimum absolute atomic E-state index is 0.100. The van der Waals surface area contributed by atoms with Crippen LogP contribution in [0.3, 0.4) is 0 Å². The number of hydrogen-bond donors (Lipinski definition) is 1. The number of rotatable bonds is 6. The molecule has 0 radical (unpaired) electrons. The smallest absolute Gasteiger partial charge is 0.231 e. The van der Waals surface area contributed by atoms with Gasteiger partial charge in [-0.15, -0.1) is 0 Å². The number of piperazine rings is 1. The average molecular weight is 476 g/mol. The Hall–Kier alpha value is -1.89. The highest BCUT2D eigenvalue weighted by Gasteiger charge is 2.32. The van der Waals surface area contributed by atoms with Crippen LogP contribution in [0.2, 0.25) is 10.0 Å². The van der Waals surface area contributed by atoms with E-state index in [9.17, 15) is 4.79 Å². The summed E-state index contributed by atoms with van der Waals surface area (Å²) >= 11 is 12.6. The highest BCUT2D eigenvalue weighted by Crippen LogP contribution is 2.37. The van der Waals surface area contributed by atoms with Crippen LogP contribution in [0.25, 0.3) is 0 Å². The van der Waals surface area contributed by atoms with Crippen LogP contribution in [0.5, 0.6) is 0 Å². The number of carbonyl (C=O) groups is 1. The second-order valence-electron chi connectivity index (χ2n) is 9.09. The van der Waals surface area contributed by atoms with Gasteiger partial charge in [0.05, 0.1) is 5.92 Å². The topological polar surface area (TPSA) is 61.4 Å². The number of anilines is 1. The quantitative estimate of drug-likeness (QED) is 0.675.